The predicted octanol–water partition coefficient (Wildman–Crippen LogP) is 5.76. The summed E-state index contributed by atoms with van der Waals surface area (Å²) in [6.07, 6.45) is -10.9. The van der Waals surface area contributed by atoms with E-state index in [9.17, 15) is 31.1 Å². The second-order valence-corrected chi connectivity index (χ2v) is 5.31. The van der Waals surface area contributed by atoms with Crippen LogP contribution in [0.5, 0.6) is 0 Å². The molecule has 0 unspecified atom stereocenters. The van der Waals surface area contributed by atoms with Crippen molar-refractivity contribution >= 4 is 17.4 Å². The molecular formula is C19H28F6N2O2. The first kappa shape index (κ1) is 29.1. The second kappa shape index (κ2) is 12.5. The van der Waals surface area contributed by atoms with Crippen LogP contribution in [0.3, 0.4) is 0 Å². The molecule has 0 bridgehead atoms. The monoisotopic (exact) mass is 430 g/mol. The van der Waals surface area contributed by atoms with E-state index in [4.69, 9.17) is 5.11 Å². The number of hydrogen-bond donors (Lipinski definition) is 1. The Labute approximate surface area is 167 Å². The van der Waals surface area contributed by atoms with Crippen molar-refractivity contribution in [3.05, 3.63) is 30.3 Å². The molecule has 0 atom stereocenters. The van der Waals surface area contributed by atoms with Crippen LogP contribution >= 0.6 is 0 Å². The number of aliphatic hydroxyl groups is 1. The summed E-state index contributed by atoms with van der Waals surface area (Å²) in [4.78, 5) is 17.6. The number of aliphatic imine (C=N–C) groups is 1. The average Bonchev–Trinajstić information content (AvgIpc) is 2.64. The van der Waals surface area contributed by atoms with Crippen molar-refractivity contribution < 1.29 is 36.2 Å². The van der Waals surface area contributed by atoms with Crippen LogP contribution in [0.4, 0.5) is 32.0 Å². The molecule has 1 N–H and O–H groups in total. The van der Waals surface area contributed by atoms with Crippen LogP contribution < -0.4 is 4.90 Å². The van der Waals surface area contributed by atoms with E-state index in [0.717, 1.165) is 11.5 Å². The minimum Gasteiger partial charge on any atom is -0.374 e. The Morgan fingerprint density at radius 1 is 0.931 bits per heavy atom. The van der Waals surface area contributed by atoms with Gasteiger partial charge in [-0.05, 0) is 26.0 Å². The lowest BCUT2D eigenvalue weighted by atomic mass is 10.1. The molecule has 0 aliphatic carbocycles. The number of anilines is 1. The van der Waals surface area contributed by atoms with E-state index in [-0.39, 0.29) is 12.8 Å². The van der Waals surface area contributed by atoms with Crippen LogP contribution in [0, 0.1) is 0 Å². The Balaban J connectivity index is 0. The zero-order valence-corrected chi connectivity index (χ0v) is 17.3. The van der Waals surface area contributed by atoms with Gasteiger partial charge >= 0.3 is 12.4 Å². The third-order valence-electron chi connectivity index (χ3n) is 3.36. The van der Waals surface area contributed by atoms with Gasteiger partial charge in [-0.15, -0.1) is 0 Å². The zero-order valence-electron chi connectivity index (χ0n) is 17.3. The molecular weight excluding hydrogens is 402 g/mol. The highest BCUT2D eigenvalue weighted by atomic mass is 19.4. The summed E-state index contributed by atoms with van der Waals surface area (Å²) < 4.78 is 68.2. The van der Waals surface area contributed by atoms with Crippen molar-refractivity contribution in [1.82, 2.24) is 0 Å². The van der Waals surface area contributed by atoms with Crippen LogP contribution in [-0.4, -0.2) is 41.3 Å². The van der Waals surface area contributed by atoms with E-state index in [1.54, 1.807) is 4.90 Å². The maximum absolute atomic E-state index is 11.7. The number of rotatable bonds is 1. The minimum absolute atomic E-state index is 0.128. The van der Waals surface area contributed by atoms with Gasteiger partial charge in [-0.2, -0.15) is 26.3 Å². The summed E-state index contributed by atoms with van der Waals surface area (Å²) >= 11 is 0. The zero-order chi connectivity index (χ0) is 23.5. The Bertz CT molecular complexity index is 610. The van der Waals surface area contributed by atoms with Gasteiger partial charge < -0.3 is 5.11 Å². The molecule has 1 aromatic carbocycles. The Hall–Kier alpha value is -2.10. The molecule has 0 spiro atoms. The van der Waals surface area contributed by atoms with Gasteiger partial charge in [0.25, 0.3) is 5.60 Å². The lowest BCUT2D eigenvalue weighted by molar-refractivity contribution is -0.360. The van der Waals surface area contributed by atoms with E-state index < -0.39 is 18.0 Å². The molecule has 0 saturated carbocycles. The topological polar surface area (TPSA) is 52.9 Å². The number of amidine groups is 1. The molecule has 0 saturated heterocycles. The van der Waals surface area contributed by atoms with Crippen molar-refractivity contribution in [3.63, 3.8) is 0 Å². The number of nitrogens with zero attached hydrogens (tertiary/aromatic N) is 2. The normalized spacial score (nSPS) is 14.3. The first-order chi connectivity index (χ1) is 13.3. The summed E-state index contributed by atoms with van der Waals surface area (Å²) in [6, 6.07) is 9.61. The average molecular weight is 430 g/mol. The molecule has 0 aromatic heterocycles. The largest absolute Gasteiger partial charge is 0.425 e. The third-order valence-corrected chi connectivity index (χ3v) is 3.36. The lowest BCUT2D eigenvalue weighted by Gasteiger charge is -2.28. The maximum Gasteiger partial charge on any atom is 0.425 e. The number of benzene rings is 1. The fraction of sp³-hybridized carbons (Fsp3) is 0.579. The van der Waals surface area contributed by atoms with Crippen LogP contribution in [0.25, 0.3) is 0 Å². The smallest absolute Gasteiger partial charge is 0.374 e. The van der Waals surface area contributed by atoms with E-state index in [1.807, 2.05) is 65.0 Å². The molecule has 10 heteroatoms. The SMILES string of the molecule is CC.CC.CC(O)(C(F)(F)F)C(F)(F)F.CC1=NCCC(=O)N1c1ccccc1. The summed E-state index contributed by atoms with van der Waals surface area (Å²) in [5.41, 5.74) is -3.72. The number of alkyl halides is 6. The highest BCUT2D eigenvalue weighted by molar-refractivity contribution is 6.17. The number of carbonyl (C=O) groups is 1. The van der Waals surface area contributed by atoms with Gasteiger partial charge in [-0.25, -0.2) is 0 Å². The Morgan fingerprint density at radius 3 is 1.66 bits per heavy atom. The van der Waals surface area contributed by atoms with Crippen molar-refractivity contribution in [2.24, 2.45) is 4.99 Å². The van der Waals surface area contributed by atoms with Crippen molar-refractivity contribution in [1.29, 1.82) is 0 Å². The first-order valence-electron chi connectivity index (χ1n) is 9.04. The van der Waals surface area contributed by atoms with E-state index in [2.05, 4.69) is 4.99 Å². The first-order valence-corrected chi connectivity index (χ1v) is 9.04. The highest BCUT2D eigenvalue weighted by Crippen LogP contribution is 2.42. The lowest BCUT2D eigenvalue weighted by Crippen LogP contribution is -2.54. The predicted molar refractivity (Wildman–Crippen MR) is 102 cm³/mol. The van der Waals surface area contributed by atoms with E-state index in [0.29, 0.717) is 13.0 Å². The standard InChI is InChI=1S/C11H12N2O.C4H4F6O.2C2H6/c1-9-12-8-7-11(14)13(9)10-5-3-2-4-6-10;1-2(11,3(5,6)7)4(8,9)10;2*1-2/h2-6H,7-8H2,1H3;11H,1H3;2*1-2H3. The van der Waals surface area contributed by atoms with Crippen molar-refractivity contribution in [2.45, 2.75) is 65.9 Å². The fourth-order valence-corrected chi connectivity index (χ4v) is 1.74. The van der Waals surface area contributed by atoms with Gasteiger partial charge in [-0.1, -0.05) is 45.9 Å². The molecule has 0 fully saturated rings. The summed E-state index contributed by atoms with van der Waals surface area (Å²) in [5, 5.41) is 7.94. The molecule has 2 rings (SSSR count). The number of para-hydroxylation sites is 1. The Morgan fingerprint density at radius 2 is 1.34 bits per heavy atom. The molecule has 1 amide bonds. The number of hydrogen-bond acceptors (Lipinski definition) is 3. The quantitative estimate of drug-likeness (QED) is 0.577. The van der Waals surface area contributed by atoms with Gasteiger partial charge in [0.05, 0.1) is 5.69 Å². The number of carbonyl (C=O) groups excluding carboxylic acids is 1. The molecule has 29 heavy (non-hydrogen) atoms. The van der Waals surface area contributed by atoms with Gasteiger partial charge in [0.1, 0.15) is 5.84 Å². The molecule has 1 aliphatic heterocycles. The van der Waals surface area contributed by atoms with Crippen LogP contribution in [-0.2, 0) is 4.79 Å². The fourth-order valence-electron chi connectivity index (χ4n) is 1.74. The minimum atomic E-state index is -5.69. The second-order valence-electron chi connectivity index (χ2n) is 5.31. The van der Waals surface area contributed by atoms with Gasteiger partial charge in [0, 0.05) is 13.0 Å². The summed E-state index contributed by atoms with van der Waals surface area (Å²) in [6.45, 7) is 10.1. The molecule has 168 valence electrons. The molecule has 1 heterocycles. The molecule has 4 nitrogen and oxygen atoms in total. The Kier molecular flexibility index (Phi) is 12.5. The molecule has 0 radical (unpaired) electrons. The summed E-state index contributed by atoms with van der Waals surface area (Å²) in [5.74, 6) is 0.913. The van der Waals surface area contributed by atoms with Crippen LogP contribution in [0.15, 0.2) is 35.3 Å². The highest BCUT2D eigenvalue weighted by Gasteiger charge is 2.67. The van der Waals surface area contributed by atoms with Gasteiger partial charge in [0.15, 0.2) is 0 Å². The molecule has 1 aromatic rings. The van der Waals surface area contributed by atoms with E-state index in [1.165, 1.54) is 0 Å². The van der Waals surface area contributed by atoms with Gasteiger partial charge in [-0.3, -0.25) is 14.7 Å². The van der Waals surface area contributed by atoms with Crippen LogP contribution in [0.1, 0.15) is 48.0 Å². The summed E-state index contributed by atoms with van der Waals surface area (Å²) in [7, 11) is 0. The third kappa shape index (κ3) is 8.43. The van der Waals surface area contributed by atoms with Crippen molar-refractivity contribution in [2.75, 3.05) is 11.4 Å². The number of halogens is 6. The van der Waals surface area contributed by atoms with Gasteiger partial charge in [0.2, 0.25) is 5.91 Å². The van der Waals surface area contributed by atoms with E-state index >= 15 is 0 Å². The van der Waals surface area contributed by atoms with Crippen molar-refractivity contribution in [3.8, 4) is 0 Å². The molecule has 1 aliphatic rings. The van der Waals surface area contributed by atoms with Crippen LogP contribution in [0.2, 0.25) is 0 Å². The maximum atomic E-state index is 11.7. The number of amides is 1.